The van der Waals surface area contributed by atoms with E-state index in [2.05, 4.69) is 34.4 Å². The van der Waals surface area contributed by atoms with E-state index in [0.29, 0.717) is 12.0 Å². The molecule has 34 heavy (non-hydrogen) atoms. The maximum Gasteiger partial charge on any atom is 0.224 e. The predicted octanol–water partition coefficient (Wildman–Crippen LogP) is 3.03. The van der Waals surface area contributed by atoms with Gasteiger partial charge in [-0.3, -0.25) is 4.79 Å². The van der Waals surface area contributed by atoms with Gasteiger partial charge in [0.2, 0.25) is 15.9 Å². The van der Waals surface area contributed by atoms with Gasteiger partial charge >= 0.3 is 0 Å². The quantitative estimate of drug-likeness (QED) is 0.420. The molecule has 0 radical (unpaired) electrons. The van der Waals surface area contributed by atoms with E-state index in [4.69, 9.17) is 4.74 Å². The molecule has 3 atom stereocenters. The first-order valence-corrected chi connectivity index (χ1v) is 13.4. The Bertz CT molecular complexity index is 1080. The molecule has 0 heterocycles. The van der Waals surface area contributed by atoms with Crippen LogP contribution in [0, 0.1) is 5.82 Å². The molecule has 1 aliphatic carbocycles. The fourth-order valence-electron chi connectivity index (χ4n) is 4.43. The molecule has 186 valence electrons. The van der Waals surface area contributed by atoms with Crippen LogP contribution in [0.2, 0.25) is 0 Å². The molecule has 0 unspecified atom stereocenters. The number of hydrogen-bond acceptors (Lipinski definition) is 5. The summed E-state index contributed by atoms with van der Waals surface area (Å²) >= 11 is 0. The molecule has 2 aromatic rings. The van der Waals surface area contributed by atoms with E-state index < -0.39 is 10.0 Å². The maximum absolute atomic E-state index is 13.7. The SMILES string of the molecule is COc1cc([C@@H](C)N[C@H]2CC[C@@H](c3ccc(CC(=O)NCCNS(C)(=O)=O)cc3)C2)ccc1F. The second kappa shape index (κ2) is 11.8. The van der Waals surface area contributed by atoms with E-state index in [0.717, 1.165) is 36.6 Å². The minimum atomic E-state index is -3.25. The first-order valence-electron chi connectivity index (χ1n) is 11.5. The predicted molar refractivity (Wildman–Crippen MR) is 131 cm³/mol. The van der Waals surface area contributed by atoms with Crippen molar-refractivity contribution in [1.29, 1.82) is 0 Å². The van der Waals surface area contributed by atoms with Gasteiger partial charge in [-0.05, 0) is 60.9 Å². The van der Waals surface area contributed by atoms with Crippen LogP contribution in [0.15, 0.2) is 42.5 Å². The van der Waals surface area contributed by atoms with E-state index in [1.807, 2.05) is 12.1 Å². The molecule has 1 aliphatic rings. The Labute approximate surface area is 201 Å². The van der Waals surface area contributed by atoms with Crippen molar-refractivity contribution in [3.8, 4) is 5.75 Å². The third-order valence-electron chi connectivity index (χ3n) is 6.22. The molecule has 3 N–H and O–H groups in total. The number of sulfonamides is 1. The zero-order valence-electron chi connectivity index (χ0n) is 19.9. The highest BCUT2D eigenvalue weighted by Gasteiger charge is 2.27. The number of carbonyl (C=O) groups excluding carboxylic acids is 1. The van der Waals surface area contributed by atoms with E-state index in [1.165, 1.54) is 18.7 Å². The highest BCUT2D eigenvalue weighted by Crippen LogP contribution is 2.36. The third-order valence-corrected chi connectivity index (χ3v) is 6.95. The number of rotatable bonds is 11. The van der Waals surface area contributed by atoms with Crippen molar-refractivity contribution in [2.24, 2.45) is 0 Å². The number of amides is 1. The van der Waals surface area contributed by atoms with Gasteiger partial charge in [0.05, 0.1) is 19.8 Å². The lowest BCUT2D eigenvalue weighted by molar-refractivity contribution is -0.120. The van der Waals surface area contributed by atoms with Gasteiger partial charge in [0, 0.05) is 25.2 Å². The highest BCUT2D eigenvalue weighted by atomic mass is 32.2. The number of ether oxygens (including phenoxy) is 1. The zero-order chi connectivity index (χ0) is 24.7. The van der Waals surface area contributed by atoms with Crippen LogP contribution in [-0.2, 0) is 21.2 Å². The summed E-state index contributed by atoms with van der Waals surface area (Å²) in [7, 11) is -1.78. The number of benzene rings is 2. The molecule has 0 aliphatic heterocycles. The fraction of sp³-hybridized carbons (Fsp3) is 0.480. The number of nitrogens with one attached hydrogen (secondary N) is 3. The van der Waals surface area contributed by atoms with E-state index in [-0.39, 0.29) is 43.0 Å². The molecule has 1 amide bonds. The van der Waals surface area contributed by atoms with Crippen LogP contribution in [0.5, 0.6) is 5.75 Å². The zero-order valence-corrected chi connectivity index (χ0v) is 20.8. The third kappa shape index (κ3) is 7.78. The normalized spacial score (nSPS) is 19.1. The molecule has 7 nitrogen and oxygen atoms in total. The Hall–Kier alpha value is -2.49. The van der Waals surface area contributed by atoms with Gasteiger partial charge in [-0.2, -0.15) is 0 Å². The average Bonchev–Trinajstić information content (AvgIpc) is 3.25. The summed E-state index contributed by atoms with van der Waals surface area (Å²) in [4.78, 5) is 12.1. The van der Waals surface area contributed by atoms with Crippen LogP contribution in [0.1, 0.15) is 54.8 Å². The smallest absolute Gasteiger partial charge is 0.224 e. The molecule has 1 saturated carbocycles. The first kappa shape index (κ1) is 26.1. The van der Waals surface area contributed by atoms with Crippen LogP contribution in [0.25, 0.3) is 0 Å². The summed E-state index contributed by atoms with van der Waals surface area (Å²) in [5.74, 6) is 0.219. The molecule has 2 aromatic carbocycles. The average molecular weight is 492 g/mol. The Morgan fingerprint density at radius 2 is 1.88 bits per heavy atom. The second-order valence-electron chi connectivity index (χ2n) is 8.92. The summed E-state index contributed by atoms with van der Waals surface area (Å²) in [5, 5.41) is 6.38. The fourth-order valence-corrected chi connectivity index (χ4v) is 4.90. The molecule has 3 rings (SSSR count). The van der Waals surface area contributed by atoms with Crippen LogP contribution >= 0.6 is 0 Å². The topological polar surface area (TPSA) is 96.5 Å². The van der Waals surface area contributed by atoms with E-state index in [9.17, 15) is 17.6 Å². The van der Waals surface area contributed by atoms with Crippen molar-refractivity contribution in [2.75, 3.05) is 26.5 Å². The second-order valence-corrected chi connectivity index (χ2v) is 10.8. The van der Waals surface area contributed by atoms with E-state index in [1.54, 1.807) is 12.1 Å². The van der Waals surface area contributed by atoms with Crippen LogP contribution < -0.4 is 20.1 Å². The monoisotopic (exact) mass is 491 g/mol. The summed E-state index contributed by atoms with van der Waals surface area (Å²) in [6.07, 6.45) is 4.52. The van der Waals surface area contributed by atoms with E-state index >= 15 is 0 Å². The van der Waals surface area contributed by atoms with Gasteiger partial charge < -0.3 is 15.4 Å². The Balaban J connectivity index is 1.46. The Kier molecular flexibility index (Phi) is 9.04. The molecule has 9 heteroatoms. The summed E-state index contributed by atoms with van der Waals surface area (Å²) < 4.78 is 43.2. The van der Waals surface area contributed by atoms with Crippen molar-refractivity contribution in [1.82, 2.24) is 15.4 Å². The first-order chi connectivity index (χ1) is 16.1. The highest BCUT2D eigenvalue weighted by molar-refractivity contribution is 7.88. The van der Waals surface area contributed by atoms with Crippen molar-refractivity contribution in [3.05, 3.63) is 65.0 Å². The van der Waals surface area contributed by atoms with Crippen molar-refractivity contribution in [2.45, 2.75) is 50.6 Å². The number of carbonyl (C=O) groups is 1. The van der Waals surface area contributed by atoms with Crippen molar-refractivity contribution >= 4 is 15.9 Å². The summed E-state index contributed by atoms with van der Waals surface area (Å²) in [6.45, 7) is 2.51. The van der Waals surface area contributed by atoms with Crippen LogP contribution in [0.4, 0.5) is 4.39 Å². The lowest BCUT2D eigenvalue weighted by atomic mass is 9.95. The van der Waals surface area contributed by atoms with Gasteiger partial charge in [0.25, 0.3) is 0 Å². The van der Waals surface area contributed by atoms with Gasteiger partial charge in [-0.25, -0.2) is 17.5 Å². The largest absolute Gasteiger partial charge is 0.494 e. The Morgan fingerprint density at radius 1 is 1.15 bits per heavy atom. The minimum Gasteiger partial charge on any atom is -0.494 e. The van der Waals surface area contributed by atoms with Gasteiger partial charge in [-0.1, -0.05) is 30.3 Å². The standard InChI is InChI=1S/C25H34FN3O4S/c1-17(20-9-11-23(26)24(16-20)33-2)29-22-10-8-21(15-22)19-6-4-18(5-7-19)14-25(30)27-12-13-28-34(3,31)32/h4-7,9,11,16-17,21-22,28-29H,8,10,12-15H2,1-3H3,(H,27,30)/t17-,21-,22+/m1/s1. The molecule has 0 saturated heterocycles. The molecule has 1 fully saturated rings. The molecule has 0 aromatic heterocycles. The number of methoxy groups -OCH3 is 1. The van der Waals surface area contributed by atoms with Gasteiger partial charge in [0.1, 0.15) is 0 Å². The number of halogens is 1. The van der Waals surface area contributed by atoms with Gasteiger partial charge in [0.15, 0.2) is 11.6 Å². The lowest BCUT2D eigenvalue weighted by Gasteiger charge is -2.21. The lowest BCUT2D eigenvalue weighted by Crippen LogP contribution is -2.34. The van der Waals surface area contributed by atoms with Crippen LogP contribution in [-0.4, -0.2) is 46.8 Å². The minimum absolute atomic E-state index is 0.0896. The van der Waals surface area contributed by atoms with Crippen molar-refractivity contribution < 1.29 is 22.3 Å². The summed E-state index contributed by atoms with van der Waals surface area (Å²) in [5.41, 5.74) is 3.18. The van der Waals surface area contributed by atoms with Crippen molar-refractivity contribution in [3.63, 3.8) is 0 Å². The van der Waals surface area contributed by atoms with Gasteiger partial charge in [-0.15, -0.1) is 0 Å². The molecule has 0 spiro atoms. The van der Waals surface area contributed by atoms with Crippen LogP contribution in [0.3, 0.4) is 0 Å². The molecular weight excluding hydrogens is 457 g/mol. The molecular formula is C25H34FN3O4S. The Morgan fingerprint density at radius 3 is 2.56 bits per heavy atom. The maximum atomic E-state index is 13.7. The molecule has 0 bridgehead atoms. The summed E-state index contributed by atoms with van der Waals surface area (Å²) in [6, 6.07) is 13.6. The number of hydrogen-bond donors (Lipinski definition) is 3.